The summed E-state index contributed by atoms with van der Waals surface area (Å²) >= 11 is 0. The predicted octanol–water partition coefficient (Wildman–Crippen LogP) is 4.21. The lowest BCUT2D eigenvalue weighted by Gasteiger charge is -2.45. The zero-order chi connectivity index (χ0) is 27.0. The van der Waals surface area contributed by atoms with Crippen LogP contribution < -0.4 is 29.0 Å². The van der Waals surface area contributed by atoms with Crippen molar-refractivity contribution in [1.29, 1.82) is 0 Å². The van der Waals surface area contributed by atoms with Crippen molar-refractivity contribution in [3.05, 3.63) is 70.8 Å². The molecule has 0 saturated heterocycles. The molecule has 9 heteroatoms. The zero-order valence-electron chi connectivity index (χ0n) is 22.0. The summed E-state index contributed by atoms with van der Waals surface area (Å²) in [7, 11) is 7.60. The van der Waals surface area contributed by atoms with E-state index in [0.717, 1.165) is 11.1 Å². The number of anilines is 1. The van der Waals surface area contributed by atoms with Crippen LogP contribution in [0.15, 0.2) is 48.5 Å². The molecule has 1 N–H and O–H groups in total. The van der Waals surface area contributed by atoms with Crippen LogP contribution >= 0.6 is 0 Å². The van der Waals surface area contributed by atoms with Gasteiger partial charge in [-0.15, -0.1) is 0 Å². The normalized spacial score (nSPS) is 17.5. The maximum absolute atomic E-state index is 14.2. The highest BCUT2D eigenvalue weighted by Crippen LogP contribution is 2.49. The lowest BCUT2D eigenvalue weighted by atomic mass is 9.75. The van der Waals surface area contributed by atoms with E-state index in [4.69, 9.17) is 23.7 Å². The first-order valence-corrected chi connectivity index (χ1v) is 12.2. The minimum absolute atomic E-state index is 0.141. The first-order chi connectivity index (χ1) is 18.4. The Kier molecular flexibility index (Phi) is 6.75. The van der Waals surface area contributed by atoms with Crippen molar-refractivity contribution < 1.29 is 33.3 Å². The van der Waals surface area contributed by atoms with Gasteiger partial charge in [-0.05, 0) is 35.2 Å². The largest absolute Gasteiger partial charge is 0.493 e. The van der Waals surface area contributed by atoms with Gasteiger partial charge in [0.1, 0.15) is 0 Å². The number of methoxy groups -OCH3 is 5. The van der Waals surface area contributed by atoms with E-state index in [1.807, 2.05) is 18.2 Å². The van der Waals surface area contributed by atoms with Gasteiger partial charge >= 0.3 is 0 Å². The van der Waals surface area contributed by atoms with Crippen LogP contribution in [0.5, 0.6) is 28.7 Å². The lowest BCUT2D eigenvalue weighted by Crippen LogP contribution is -2.49. The monoisotopic (exact) mass is 518 g/mol. The highest BCUT2D eigenvalue weighted by molar-refractivity contribution is 6.05. The van der Waals surface area contributed by atoms with Gasteiger partial charge in [0.05, 0.1) is 47.5 Å². The number of fused-ring (bicyclic) bond motifs is 4. The van der Waals surface area contributed by atoms with Crippen molar-refractivity contribution >= 4 is 17.5 Å². The summed E-state index contributed by atoms with van der Waals surface area (Å²) in [6.07, 6.45) is 0.711. The zero-order valence-corrected chi connectivity index (χ0v) is 22.0. The molecular weight excluding hydrogens is 488 g/mol. The number of carbonyl (C=O) groups excluding carboxylic acids is 2. The summed E-state index contributed by atoms with van der Waals surface area (Å²) in [6, 6.07) is 14.2. The van der Waals surface area contributed by atoms with E-state index in [1.165, 1.54) is 35.5 Å². The Morgan fingerprint density at radius 1 is 0.816 bits per heavy atom. The maximum atomic E-state index is 14.2. The number of nitrogens with zero attached hydrogens (tertiary/aromatic N) is 1. The summed E-state index contributed by atoms with van der Waals surface area (Å²) in [5.41, 5.74) is 3.55. The molecule has 3 aromatic rings. The second kappa shape index (κ2) is 10.2. The lowest BCUT2D eigenvalue weighted by molar-refractivity contribution is -0.119. The number of ether oxygens (including phenoxy) is 5. The molecule has 5 rings (SSSR count). The average molecular weight is 519 g/mol. The second-order valence-corrected chi connectivity index (χ2v) is 9.07. The van der Waals surface area contributed by atoms with Gasteiger partial charge in [-0.3, -0.25) is 9.59 Å². The summed E-state index contributed by atoms with van der Waals surface area (Å²) < 4.78 is 27.4. The van der Waals surface area contributed by atoms with E-state index in [1.54, 1.807) is 29.2 Å². The number of nitrogens with one attached hydrogen (secondary N) is 1. The first-order valence-electron chi connectivity index (χ1n) is 12.2. The van der Waals surface area contributed by atoms with Gasteiger partial charge in [0.2, 0.25) is 11.7 Å². The Morgan fingerprint density at radius 3 is 2.08 bits per heavy atom. The summed E-state index contributed by atoms with van der Waals surface area (Å²) in [5.74, 6) is 0.981. The van der Waals surface area contributed by atoms with Gasteiger partial charge < -0.3 is 33.9 Å². The molecule has 0 spiro atoms. The van der Waals surface area contributed by atoms with Crippen LogP contribution in [-0.2, 0) is 11.2 Å². The number of benzene rings is 3. The van der Waals surface area contributed by atoms with Crippen molar-refractivity contribution in [3.63, 3.8) is 0 Å². The Hall–Kier alpha value is -4.40. The van der Waals surface area contributed by atoms with E-state index in [0.29, 0.717) is 58.5 Å². The van der Waals surface area contributed by atoms with Crippen molar-refractivity contribution in [2.45, 2.75) is 18.4 Å². The minimum Gasteiger partial charge on any atom is -0.493 e. The summed E-state index contributed by atoms with van der Waals surface area (Å²) in [6.45, 7) is 0.502. The molecule has 2 aliphatic rings. The molecule has 0 aromatic heterocycles. The molecule has 0 radical (unpaired) electrons. The highest BCUT2D eigenvalue weighted by atomic mass is 16.5. The molecule has 0 saturated carbocycles. The summed E-state index contributed by atoms with van der Waals surface area (Å²) in [4.78, 5) is 29.7. The first kappa shape index (κ1) is 25.3. The molecule has 0 aliphatic carbocycles. The molecule has 2 heterocycles. The molecule has 2 aliphatic heterocycles. The van der Waals surface area contributed by atoms with Crippen molar-refractivity contribution in [2.24, 2.45) is 0 Å². The van der Waals surface area contributed by atoms with Crippen molar-refractivity contribution in [3.8, 4) is 28.7 Å². The third-order valence-corrected chi connectivity index (χ3v) is 7.24. The predicted molar refractivity (Wildman–Crippen MR) is 141 cm³/mol. The van der Waals surface area contributed by atoms with Gasteiger partial charge in [0.25, 0.3) is 5.91 Å². The van der Waals surface area contributed by atoms with Crippen LogP contribution in [0, 0.1) is 0 Å². The van der Waals surface area contributed by atoms with E-state index >= 15 is 0 Å². The Balaban J connectivity index is 1.66. The van der Waals surface area contributed by atoms with Crippen LogP contribution in [0.2, 0.25) is 0 Å². The van der Waals surface area contributed by atoms with Gasteiger partial charge in [-0.25, -0.2) is 0 Å². The van der Waals surface area contributed by atoms with E-state index in [-0.39, 0.29) is 11.8 Å². The van der Waals surface area contributed by atoms with Gasteiger partial charge in [-0.1, -0.05) is 24.3 Å². The van der Waals surface area contributed by atoms with Gasteiger partial charge in [0.15, 0.2) is 23.0 Å². The molecule has 3 aromatic carbocycles. The Labute approximate surface area is 221 Å². The highest BCUT2D eigenvalue weighted by Gasteiger charge is 2.47. The number of amides is 2. The Bertz CT molecular complexity index is 1380. The van der Waals surface area contributed by atoms with E-state index < -0.39 is 12.0 Å². The fourth-order valence-corrected chi connectivity index (χ4v) is 5.51. The third-order valence-electron chi connectivity index (χ3n) is 7.24. The van der Waals surface area contributed by atoms with Crippen molar-refractivity contribution in [1.82, 2.24) is 4.90 Å². The van der Waals surface area contributed by atoms with Gasteiger partial charge in [0, 0.05) is 29.9 Å². The minimum atomic E-state index is -0.719. The molecule has 38 heavy (non-hydrogen) atoms. The molecular formula is C29H30N2O7. The molecule has 9 nitrogen and oxygen atoms in total. The van der Waals surface area contributed by atoms with Crippen LogP contribution in [0.3, 0.4) is 0 Å². The molecule has 2 unspecified atom stereocenters. The smallest absolute Gasteiger partial charge is 0.254 e. The van der Waals surface area contributed by atoms with E-state index in [9.17, 15) is 9.59 Å². The third kappa shape index (κ3) is 4.04. The fourth-order valence-electron chi connectivity index (χ4n) is 5.51. The molecule has 0 fully saturated rings. The molecule has 2 amide bonds. The van der Waals surface area contributed by atoms with Gasteiger partial charge in [-0.2, -0.15) is 0 Å². The number of rotatable bonds is 7. The quantitative estimate of drug-likeness (QED) is 0.501. The van der Waals surface area contributed by atoms with Crippen LogP contribution in [0.1, 0.15) is 39.0 Å². The molecule has 0 bridgehead atoms. The fraction of sp³-hybridized carbons (Fsp3) is 0.310. The standard InChI is InChI=1S/C29H30N2O7/c1-34-21-14-19-20(15-22(21)35-2)29(33)31-11-10-16-8-6-7-9-18(16)26(31)25(19)28(32)30-17-12-23(36-3)27(38-5)24(13-17)37-4/h6-9,12-15,25-26H,10-11H2,1-5H3,(H,30,32). The number of hydrogen-bond donors (Lipinski definition) is 1. The maximum Gasteiger partial charge on any atom is 0.254 e. The number of hydrogen-bond acceptors (Lipinski definition) is 7. The van der Waals surface area contributed by atoms with Crippen molar-refractivity contribution in [2.75, 3.05) is 47.4 Å². The average Bonchev–Trinajstić information content (AvgIpc) is 2.95. The van der Waals surface area contributed by atoms with E-state index in [2.05, 4.69) is 11.4 Å². The SMILES string of the molecule is COc1cc2c(cc1OC)C(C(=O)Nc1cc(OC)c(OC)c(OC)c1)C1c3ccccc3CCN1C2=O. The molecule has 2 atom stereocenters. The second-order valence-electron chi connectivity index (χ2n) is 9.07. The van der Waals surface area contributed by atoms with Crippen LogP contribution in [-0.4, -0.2) is 58.8 Å². The van der Waals surface area contributed by atoms with Crippen LogP contribution in [0.4, 0.5) is 5.69 Å². The Morgan fingerprint density at radius 2 is 1.45 bits per heavy atom. The van der Waals surface area contributed by atoms with Crippen LogP contribution in [0.25, 0.3) is 0 Å². The summed E-state index contributed by atoms with van der Waals surface area (Å²) in [5, 5.41) is 3.03. The number of carbonyl (C=O) groups is 2. The topological polar surface area (TPSA) is 95.6 Å². The molecule has 198 valence electrons.